The fraction of sp³-hybridized carbons (Fsp3) is 0.333. The van der Waals surface area contributed by atoms with Gasteiger partial charge in [0.2, 0.25) is 0 Å². The van der Waals surface area contributed by atoms with Gasteiger partial charge in [-0.15, -0.1) is 13.2 Å². The SMILES string of the molecule is CCOC(Cc1ccc(OCCN(CCOCc2ccc(F)cc2)C(=O)Oc2ccccc2OC(F)(F)F)cc1)C(=O)O. The molecule has 1 N–H and O–H groups in total. The number of benzene rings is 3. The Morgan fingerprint density at radius 2 is 1.51 bits per heavy atom. The van der Waals surface area contributed by atoms with Crippen molar-refractivity contribution in [2.45, 2.75) is 32.4 Å². The van der Waals surface area contributed by atoms with E-state index in [-0.39, 0.29) is 45.9 Å². The highest BCUT2D eigenvalue weighted by Crippen LogP contribution is 2.32. The molecule has 0 heterocycles. The summed E-state index contributed by atoms with van der Waals surface area (Å²) in [4.78, 5) is 25.5. The predicted molar refractivity (Wildman–Crippen MR) is 145 cm³/mol. The number of carboxylic acid groups (broad SMARTS) is 1. The van der Waals surface area contributed by atoms with Crippen LogP contribution in [0.5, 0.6) is 17.2 Å². The summed E-state index contributed by atoms with van der Waals surface area (Å²) in [6.45, 7) is 2.11. The fourth-order valence-electron chi connectivity index (χ4n) is 3.77. The molecule has 1 atom stereocenters. The number of ether oxygens (including phenoxy) is 5. The van der Waals surface area contributed by atoms with Gasteiger partial charge < -0.3 is 33.7 Å². The first-order chi connectivity index (χ1) is 20.5. The summed E-state index contributed by atoms with van der Waals surface area (Å²) in [6, 6.07) is 17.2. The van der Waals surface area contributed by atoms with Crippen LogP contribution in [0.3, 0.4) is 0 Å². The lowest BCUT2D eigenvalue weighted by Gasteiger charge is -2.23. The molecule has 3 aromatic rings. The predicted octanol–water partition coefficient (Wildman–Crippen LogP) is 5.85. The van der Waals surface area contributed by atoms with Gasteiger partial charge in [0.05, 0.1) is 19.8 Å². The Hall–Kier alpha value is -4.36. The topological polar surface area (TPSA) is 104 Å². The summed E-state index contributed by atoms with van der Waals surface area (Å²) in [7, 11) is 0. The number of aliphatic carboxylic acids is 1. The number of alkyl halides is 3. The first-order valence-electron chi connectivity index (χ1n) is 13.2. The minimum Gasteiger partial charge on any atom is -0.492 e. The molecule has 1 amide bonds. The van der Waals surface area contributed by atoms with Gasteiger partial charge in [-0.1, -0.05) is 36.4 Å². The summed E-state index contributed by atoms with van der Waals surface area (Å²) in [6.07, 6.45) is -6.76. The first kappa shape index (κ1) is 33.1. The number of amides is 1. The molecular weight excluding hydrogens is 578 g/mol. The number of carbonyl (C=O) groups excluding carboxylic acids is 1. The van der Waals surface area contributed by atoms with Crippen molar-refractivity contribution in [1.29, 1.82) is 0 Å². The Morgan fingerprint density at radius 3 is 2.14 bits per heavy atom. The molecule has 0 bridgehead atoms. The van der Waals surface area contributed by atoms with Crippen LogP contribution in [-0.2, 0) is 27.3 Å². The third kappa shape index (κ3) is 11.8. The quantitative estimate of drug-likeness (QED) is 0.159. The molecule has 13 heteroatoms. The second-order valence-corrected chi connectivity index (χ2v) is 9.01. The Balaban J connectivity index is 1.61. The second-order valence-electron chi connectivity index (χ2n) is 9.01. The Kier molecular flexibility index (Phi) is 12.6. The van der Waals surface area contributed by atoms with Gasteiger partial charge in [-0.3, -0.25) is 0 Å². The lowest BCUT2D eigenvalue weighted by molar-refractivity contribution is -0.275. The van der Waals surface area contributed by atoms with Gasteiger partial charge in [0.15, 0.2) is 17.6 Å². The maximum absolute atomic E-state index is 13.1. The van der Waals surface area contributed by atoms with Gasteiger partial charge >= 0.3 is 18.4 Å². The molecule has 0 fully saturated rings. The lowest BCUT2D eigenvalue weighted by atomic mass is 10.1. The van der Waals surface area contributed by atoms with Crippen molar-refractivity contribution in [1.82, 2.24) is 4.90 Å². The van der Waals surface area contributed by atoms with E-state index in [9.17, 15) is 32.3 Å². The Morgan fingerprint density at radius 1 is 0.884 bits per heavy atom. The molecule has 9 nitrogen and oxygen atoms in total. The van der Waals surface area contributed by atoms with Crippen LogP contribution in [0.25, 0.3) is 0 Å². The normalized spacial score (nSPS) is 11.9. The maximum Gasteiger partial charge on any atom is 0.573 e. The Bertz CT molecular complexity index is 1300. The monoisotopic (exact) mass is 609 g/mol. The van der Waals surface area contributed by atoms with Gasteiger partial charge in [0.1, 0.15) is 18.2 Å². The van der Waals surface area contributed by atoms with Crippen LogP contribution in [0, 0.1) is 5.82 Å². The second kappa shape index (κ2) is 16.3. The number of rotatable bonds is 16. The average Bonchev–Trinajstić information content (AvgIpc) is 2.96. The van der Waals surface area contributed by atoms with Gasteiger partial charge in [0, 0.05) is 19.6 Å². The average molecular weight is 610 g/mol. The summed E-state index contributed by atoms with van der Waals surface area (Å²) >= 11 is 0. The smallest absolute Gasteiger partial charge is 0.492 e. The zero-order valence-corrected chi connectivity index (χ0v) is 23.2. The number of hydrogen-bond donors (Lipinski definition) is 1. The van der Waals surface area contributed by atoms with Gasteiger partial charge in [-0.25, -0.2) is 14.0 Å². The zero-order valence-electron chi connectivity index (χ0n) is 23.2. The van der Waals surface area contributed by atoms with E-state index in [0.29, 0.717) is 11.3 Å². The molecule has 0 spiro atoms. The van der Waals surface area contributed by atoms with E-state index in [1.165, 1.54) is 35.2 Å². The maximum atomic E-state index is 13.1. The van der Waals surface area contributed by atoms with Crippen LogP contribution in [0.4, 0.5) is 22.4 Å². The van der Waals surface area contributed by atoms with Crippen molar-refractivity contribution >= 4 is 12.1 Å². The third-order valence-corrected chi connectivity index (χ3v) is 5.84. The highest BCUT2D eigenvalue weighted by molar-refractivity contribution is 5.73. The van der Waals surface area contributed by atoms with Crippen LogP contribution >= 0.6 is 0 Å². The van der Waals surface area contributed by atoms with Crippen LogP contribution in [0.2, 0.25) is 0 Å². The van der Waals surface area contributed by atoms with Crippen molar-refractivity contribution in [2.75, 3.05) is 32.9 Å². The summed E-state index contributed by atoms with van der Waals surface area (Å²) in [5.41, 5.74) is 1.42. The molecule has 232 valence electrons. The van der Waals surface area contributed by atoms with Crippen molar-refractivity contribution in [3.8, 4) is 17.2 Å². The van der Waals surface area contributed by atoms with E-state index in [2.05, 4.69) is 4.74 Å². The summed E-state index contributed by atoms with van der Waals surface area (Å²) < 4.78 is 77.3. The molecule has 0 aliphatic rings. The van der Waals surface area contributed by atoms with Crippen molar-refractivity contribution in [3.05, 3.63) is 89.7 Å². The van der Waals surface area contributed by atoms with Crippen LogP contribution in [-0.4, -0.2) is 67.4 Å². The van der Waals surface area contributed by atoms with E-state index in [0.717, 1.165) is 11.6 Å². The Labute approximate surface area is 245 Å². The molecule has 0 aromatic heterocycles. The highest BCUT2D eigenvalue weighted by Gasteiger charge is 2.33. The lowest BCUT2D eigenvalue weighted by Crippen LogP contribution is -2.39. The summed E-state index contributed by atoms with van der Waals surface area (Å²) in [5, 5.41) is 9.26. The number of carbonyl (C=O) groups is 2. The number of nitrogens with zero attached hydrogens (tertiary/aromatic N) is 1. The molecule has 0 aliphatic heterocycles. The third-order valence-electron chi connectivity index (χ3n) is 5.84. The van der Waals surface area contributed by atoms with Crippen molar-refractivity contribution in [2.24, 2.45) is 0 Å². The largest absolute Gasteiger partial charge is 0.573 e. The van der Waals surface area contributed by atoms with E-state index >= 15 is 0 Å². The van der Waals surface area contributed by atoms with Crippen molar-refractivity contribution in [3.63, 3.8) is 0 Å². The minimum absolute atomic E-state index is 0.00136. The fourth-order valence-corrected chi connectivity index (χ4v) is 3.77. The first-order valence-corrected chi connectivity index (χ1v) is 13.2. The zero-order chi connectivity index (χ0) is 31.2. The van der Waals surface area contributed by atoms with Gasteiger partial charge in [0.25, 0.3) is 0 Å². The number of para-hydroxylation sites is 2. The number of carboxylic acids is 1. The standard InChI is InChI=1S/C30H31F4NO8/c1-2-40-27(28(36)37)19-21-9-13-24(14-10-21)41-18-16-35(15-17-39-20-22-7-11-23(31)12-8-22)29(38)42-25-5-3-4-6-26(25)43-30(32,33)34/h3-14,27H,2,15-20H2,1H3,(H,36,37). The molecule has 43 heavy (non-hydrogen) atoms. The molecular formula is C30H31F4NO8. The molecule has 1 unspecified atom stereocenters. The van der Waals surface area contributed by atoms with Gasteiger partial charge in [-0.2, -0.15) is 0 Å². The molecule has 3 rings (SSSR count). The van der Waals surface area contributed by atoms with E-state index in [1.54, 1.807) is 43.3 Å². The number of hydrogen-bond acceptors (Lipinski definition) is 7. The van der Waals surface area contributed by atoms with Crippen LogP contribution in [0.1, 0.15) is 18.1 Å². The van der Waals surface area contributed by atoms with Crippen LogP contribution in [0.15, 0.2) is 72.8 Å². The van der Waals surface area contributed by atoms with E-state index in [1.807, 2.05) is 0 Å². The molecule has 0 saturated heterocycles. The molecule has 0 saturated carbocycles. The number of halogens is 4. The molecule has 3 aromatic carbocycles. The molecule has 0 aliphatic carbocycles. The van der Waals surface area contributed by atoms with Crippen molar-refractivity contribution < 1.29 is 55.9 Å². The van der Waals surface area contributed by atoms with Gasteiger partial charge in [-0.05, 0) is 54.4 Å². The van der Waals surface area contributed by atoms with Crippen LogP contribution < -0.4 is 14.2 Å². The minimum atomic E-state index is -4.99. The van der Waals surface area contributed by atoms with E-state index < -0.39 is 41.8 Å². The summed E-state index contributed by atoms with van der Waals surface area (Å²) in [5.74, 6) is -2.12. The highest BCUT2D eigenvalue weighted by atomic mass is 19.4. The molecule has 0 radical (unpaired) electrons. The van der Waals surface area contributed by atoms with E-state index in [4.69, 9.17) is 18.9 Å².